The van der Waals surface area contributed by atoms with Crippen LogP contribution in [0.3, 0.4) is 0 Å². The summed E-state index contributed by atoms with van der Waals surface area (Å²) >= 11 is 7.97. The summed E-state index contributed by atoms with van der Waals surface area (Å²) in [5, 5.41) is 16.2. The van der Waals surface area contributed by atoms with Gasteiger partial charge in [0.1, 0.15) is 0 Å². The first kappa shape index (κ1) is 22.8. The normalized spacial score (nSPS) is 10.5. The van der Waals surface area contributed by atoms with Crippen LogP contribution in [-0.2, 0) is 13.6 Å². The van der Waals surface area contributed by atoms with Crippen LogP contribution in [0, 0.1) is 0 Å². The van der Waals surface area contributed by atoms with Crippen LogP contribution in [0.5, 0.6) is 11.5 Å². The largest absolute Gasteiger partial charge is 0.490 e. The molecule has 0 amide bonds. The van der Waals surface area contributed by atoms with Gasteiger partial charge in [-0.05, 0) is 54.9 Å². The van der Waals surface area contributed by atoms with Gasteiger partial charge in [-0.15, -0.1) is 17.5 Å². The monoisotopic (exact) mass is 421 g/mol. The van der Waals surface area contributed by atoms with Crippen LogP contribution in [0.4, 0.5) is 0 Å². The Morgan fingerprint density at radius 1 is 1.23 bits per heavy atom. The molecule has 7 nitrogen and oxygen atoms in total. The van der Waals surface area contributed by atoms with Crippen molar-refractivity contribution in [3.8, 4) is 11.5 Å². The van der Waals surface area contributed by atoms with Gasteiger partial charge in [-0.2, -0.15) is 0 Å². The predicted octanol–water partition coefficient (Wildman–Crippen LogP) is 3.35. The molecule has 2 rings (SSSR count). The highest BCUT2D eigenvalue weighted by atomic mass is 35.5. The second-order valence-electron chi connectivity index (χ2n) is 5.23. The third-order valence-corrected chi connectivity index (χ3v) is 4.67. The molecule has 2 aromatic rings. The van der Waals surface area contributed by atoms with E-state index in [4.69, 9.17) is 21.1 Å². The highest BCUT2D eigenvalue weighted by Crippen LogP contribution is 2.36. The lowest BCUT2D eigenvalue weighted by Crippen LogP contribution is -2.15. The Kier molecular flexibility index (Phi) is 10.7. The van der Waals surface area contributed by atoms with Crippen molar-refractivity contribution in [3.05, 3.63) is 22.7 Å². The summed E-state index contributed by atoms with van der Waals surface area (Å²) in [6.45, 7) is 6.61. The minimum Gasteiger partial charge on any atom is -0.490 e. The van der Waals surface area contributed by atoms with Crippen LogP contribution in [0.2, 0.25) is 5.02 Å². The summed E-state index contributed by atoms with van der Waals surface area (Å²) in [5.74, 6) is 2.26. The van der Waals surface area contributed by atoms with Gasteiger partial charge in [0.15, 0.2) is 11.5 Å². The number of tetrazole rings is 1. The van der Waals surface area contributed by atoms with Gasteiger partial charge in [-0.25, -0.2) is 4.68 Å². The van der Waals surface area contributed by atoms with Crippen LogP contribution in [0.1, 0.15) is 25.8 Å². The first-order valence-electron chi connectivity index (χ1n) is 8.29. The van der Waals surface area contributed by atoms with Crippen molar-refractivity contribution in [2.24, 2.45) is 7.05 Å². The maximum atomic E-state index is 6.33. The van der Waals surface area contributed by atoms with Gasteiger partial charge >= 0.3 is 0 Å². The Morgan fingerprint density at radius 2 is 2.00 bits per heavy atom. The number of aromatic nitrogens is 4. The van der Waals surface area contributed by atoms with Crippen molar-refractivity contribution in [2.75, 3.05) is 25.5 Å². The summed E-state index contributed by atoms with van der Waals surface area (Å²) in [6.07, 6.45) is 1.01. The standard InChI is InChI=1S/C16H24ClN5O2S.ClH/c1-4-23-14-10-12(9-13(17)15(14)24-5-2)11-18-7-6-8-25-16-19-20-21-22(16)3;/h9-10,18H,4-8,11H2,1-3H3;1H. The topological polar surface area (TPSA) is 74.1 Å². The van der Waals surface area contributed by atoms with Crippen LogP contribution in [-0.4, -0.2) is 45.7 Å². The second-order valence-corrected chi connectivity index (χ2v) is 6.70. The van der Waals surface area contributed by atoms with Crippen LogP contribution in [0.25, 0.3) is 0 Å². The molecule has 0 fully saturated rings. The van der Waals surface area contributed by atoms with Crippen molar-refractivity contribution in [1.82, 2.24) is 25.5 Å². The van der Waals surface area contributed by atoms with Crippen LogP contribution < -0.4 is 14.8 Å². The lowest BCUT2D eigenvalue weighted by atomic mass is 10.2. The molecule has 0 aliphatic heterocycles. The molecule has 0 radical (unpaired) electrons. The average Bonchev–Trinajstić information content (AvgIpc) is 2.99. The summed E-state index contributed by atoms with van der Waals surface area (Å²) in [4.78, 5) is 0. The minimum absolute atomic E-state index is 0. The fraction of sp³-hybridized carbons (Fsp3) is 0.562. The van der Waals surface area contributed by atoms with Crippen LogP contribution in [0.15, 0.2) is 17.3 Å². The third kappa shape index (κ3) is 6.83. The quantitative estimate of drug-likeness (QED) is 0.440. The number of ether oxygens (including phenoxy) is 2. The van der Waals surface area contributed by atoms with Crippen LogP contribution >= 0.6 is 35.8 Å². The molecule has 10 heteroatoms. The molecular weight excluding hydrogens is 397 g/mol. The molecule has 1 heterocycles. The minimum atomic E-state index is 0. The predicted molar refractivity (Wildman–Crippen MR) is 107 cm³/mol. The van der Waals surface area contributed by atoms with E-state index in [0.29, 0.717) is 29.7 Å². The Morgan fingerprint density at radius 3 is 2.65 bits per heavy atom. The van der Waals surface area contributed by atoms with Crippen molar-refractivity contribution in [1.29, 1.82) is 0 Å². The second kappa shape index (κ2) is 12.2. The van der Waals surface area contributed by atoms with E-state index in [0.717, 1.165) is 36.0 Å². The van der Waals surface area contributed by atoms with Gasteiger partial charge in [0.05, 0.1) is 18.2 Å². The summed E-state index contributed by atoms with van der Waals surface area (Å²) in [7, 11) is 1.84. The van der Waals surface area contributed by atoms with E-state index in [9.17, 15) is 0 Å². The van der Waals surface area contributed by atoms with Gasteiger partial charge in [0.2, 0.25) is 5.16 Å². The van der Waals surface area contributed by atoms with Gasteiger partial charge < -0.3 is 14.8 Å². The first-order chi connectivity index (χ1) is 12.2. The van der Waals surface area contributed by atoms with Gasteiger partial charge in [0, 0.05) is 19.3 Å². The smallest absolute Gasteiger partial charge is 0.209 e. The molecule has 0 atom stereocenters. The summed E-state index contributed by atoms with van der Waals surface area (Å²) < 4.78 is 12.9. The molecule has 0 aliphatic rings. The number of nitrogens with one attached hydrogen (secondary N) is 1. The maximum absolute atomic E-state index is 6.33. The SMILES string of the molecule is CCOc1cc(CNCCCSc2nnnn2C)cc(Cl)c1OCC.Cl. The molecule has 1 aromatic carbocycles. The van der Waals surface area contributed by atoms with Crippen molar-refractivity contribution in [3.63, 3.8) is 0 Å². The highest BCUT2D eigenvalue weighted by molar-refractivity contribution is 7.99. The Hall–Kier alpha value is -1.22. The molecule has 1 aromatic heterocycles. The fourth-order valence-electron chi connectivity index (χ4n) is 2.21. The third-order valence-electron chi connectivity index (χ3n) is 3.30. The molecule has 0 bridgehead atoms. The number of hydrogen-bond donors (Lipinski definition) is 1. The van der Waals surface area contributed by atoms with E-state index in [-0.39, 0.29) is 12.4 Å². The Balaban J connectivity index is 0.00000338. The summed E-state index contributed by atoms with van der Waals surface area (Å²) in [6, 6.07) is 3.90. The number of thioether (sulfide) groups is 1. The number of benzene rings is 1. The van der Waals surface area contributed by atoms with E-state index < -0.39 is 0 Å². The van der Waals surface area contributed by atoms with Crippen molar-refractivity contribution < 1.29 is 9.47 Å². The summed E-state index contributed by atoms with van der Waals surface area (Å²) in [5.41, 5.74) is 1.07. The number of aryl methyl sites for hydroxylation is 1. The zero-order valence-corrected chi connectivity index (χ0v) is 17.6. The molecule has 1 N–H and O–H groups in total. The first-order valence-corrected chi connectivity index (χ1v) is 9.65. The van der Waals surface area contributed by atoms with E-state index in [1.165, 1.54) is 0 Å². The molecule has 0 unspecified atom stereocenters. The zero-order valence-electron chi connectivity index (χ0n) is 15.2. The van der Waals surface area contributed by atoms with Gasteiger partial charge in [-0.3, -0.25) is 0 Å². The van der Waals surface area contributed by atoms with Gasteiger partial charge in [0.25, 0.3) is 0 Å². The highest BCUT2D eigenvalue weighted by Gasteiger charge is 2.12. The molecule has 0 aliphatic carbocycles. The molecule has 26 heavy (non-hydrogen) atoms. The van der Waals surface area contributed by atoms with Crippen molar-refractivity contribution in [2.45, 2.75) is 32.0 Å². The average molecular weight is 422 g/mol. The van der Waals surface area contributed by atoms with E-state index in [1.54, 1.807) is 16.4 Å². The fourth-order valence-corrected chi connectivity index (χ4v) is 3.28. The zero-order chi connectivity index (χ0) is 18.1. The Bertz CT molecular complexity index is 672. The Labute approximate surface area is 169 Å². The van der Waals surface area contributed by atoms with E-state index in [2.05, 4.69) is 20.8 Å². The molecule has 146 valence electrons. The number of nitrogens with zero attached hydrogens (tertiary/aromatic N) is 4. The molecule has 0 saturated carbocycles. The van der Waals surface area contributed by atoms with Gasteiger partial charge in [-0.1, -0.05) is 23.4 Å². The van der Waals surface area contributed by atoms with E-state index in [1.807, 2.05) is 33.0 Å². The molecule has 0 saturated heterocycles. The molecular formula is C16H25Cl2N5O2S. The van der Waals surface area contributed by atoms with E-state index >= 15 is 0 Å². The number of halogens is 2. The number of rotatable bonds is 11. The number of hydrogen-bond acceptors (Lipinski definition) is 7. The lowest BCUT2D eigenvalue weighted by molar-refractivity contribution is 0.287. The lowest BCUT2D eigenvalue weighted by Gasteiger charge is -2.14. The maximum Gasteiger partial charge on any atom is 0.209 e. The van der Waals surface area contributed by atoms with Crippen molar-refractivity contribution >= 4 is 35.8 Å². The molecule has 0 spiro atoms.